The molecule has 0 saturated heterocycles. The minimum atomic E-state index is 0.0758. The number of nitrogens with zero attached hydrogens (tertiary/aromatic N) is 1. The van der Waals surface area contributed by atoms with Gasteiger partial charge in [-0.1, -0.05) is 11.6 Å². The van der Waals surface area contributed by atoms with Crippen LogP contribution in [0.2, 0.25) is 0 Å². The monoisotopic (exact) mass is 219 g/mol. The molecule has 1 heterocycles. The number of hydrogen-bond acceptors (Lipinski definition) is 2. The summed E-state index contributed by atoms with van der Waals surface area (Å²) in [4.78, 5) is 13.5. The van der Waals surface area contributed by atoms with Crippen molar-refractivity contribution < 1.29 is 4.79 Å². The Bertz CT molecular complexity index is 513. The van der Waals surface area contributed by atoms with Crippen LogP contribution in [0.25, 0.3) is 10.1 Å². The van der Waals surface area contributed by atoms with Crippen molar-refractivity contribution in [1.29, 1.82) is 0 Å². The molecule has 0 atom stereocenters. The maximum Gasteiger partial charge on any atom is 0.254 e. The molecule has 0 unspecified atom stereocenters. The summed E-state index contributed by atoms with van der Waals surface area (Å²) in [6.07, 6.45) is 0. The van der Waals surface area contributed by atoms with Crippen molar-refractivity contribution >= 4 is 27.3 Å². The van der Waals surface area contributed by atoms with Gasteiger partial charge in [-0.15, -0.1) is 11.3 Å². The third-order valence-electron chi connectivity index (χ3n) is 2.37. The van der Waals surface area contributed by atoms with Crippen molar-refractivity contribution in [3.05, 3.63) is 34.7 Å². The molecule has 0 saturated carbocycles. The summed E-state index contributed by atoms with van der Waals surface area (Å²) in [5.41, 5.74) is 2.00. The van der Waals surface area contributed by atoms with Gasteiger partial charge >= 0.3 is 0 Å². The predicted molar refractivity (Wildman–Crippen MR) is 64.6 cm³/mol. The standard InChI is InChI=1S/C12H13NOS/c1-8-4-5-11-9(6-8)10(7-15-11)12(14)13(2)3/h4-7H,1-3H3. The van der Waals surface area contributed by atoms with Gasteiger partial charge in [0.05, 0.1) is 5.56 Å². The van der Waals surface area contributed by atoms with E-state index in [0.29, 0.717) is 0 Å². The van der Waals surface area contributed by atoms with E-state index in [1.165, 1.54) is 10.3 Å². The van der Waals surface area contributed by atoms with E-state index in [2.05, 4.69) is 18.2 Å². The highest BCUT2D eigenvalue weighted by atomic mass is 32.1. The fraction of sp³-hybridized carbons (Fsp3) is 0.250. The minimum absolute atomic E-state index is 0.0758. The van der Waals surface area contributed by atoms with Crippen LogP contribution in [-0.2, 0) is 0 Å². The lowest BCUT2D eigenvalue weighted by Gasteiger charge is -2.08. The maximum absolute atomic E-state index is 11.9. The first-order chi connectivity index (χ1) is 7.09. The molecule has 3 heteroatoms. The highest BCUT2D eigenvalue weighted by Gasteiger charge is 2.13. The maximum atomic E-state index is 11.9. The molecule has 0 bridgehead atoms. The number of rotatable bonds is 1. The van der Waals surface area contributed by atoms with Crippen LogP contribution in [0.3, 0.4) is 0 Å². The molecule has 2 aromatic rings. The van der Waals surface area contributed by atoms with E-state index in [9.17, 15) is 4.79 Å². The molecule has 1 aromatic heterocycles. The van der Waals surface area contributed by atoms with Crippen molar-refractivity contribution in [1.82, 2.24) is 4.90 Å². The van der Waals surface area contributed by atoms with Gasteiger partial charge in [0.15, 0.2) is 0 Å². The molecule has 0 spiro atoms. The summed E-state index contributed by atoms with van der Waals surface area (Å²) >= 11 is 1.62. The normalized spacial score (nSPS) is 10.6. The van der Waals surface area contributed by atoms with Crippen LogP contribution >= 0.6 is 11.3 Å². The molecule has 0 aliphatic rings. The van der Waals surface area contributed by atoms with E-state index in [-0.39, 0.29) is 5.91 Å². The minimum Gasteiger partial charge on any atom is -0.345 e. The zero-order valence-electron chi connectivity index (χ0n) is 9.07. The van der Waals surface area contributed by atoms with Crippen LogP contribution in [0.5, 0.6) is 0 Å². The quantitative estimate of drug-likeness (QED) is 0.722. The molecule has 0 aliphatic carbocycles. The van der Waals surface area contributed by atoms with Crippen molar-refractivity contribution in [2.45, 2.75) is 6.92 Å². The zero-order valence-corrected chi connectivity index (χ0v) is 9.89. The lowest BCUT2D eigenvalue weighted by Crippen LogP contribution is -2.21. The van der Waals surface area contributed by atoms with Crippen molar-refractivity contribution in [2.24, 2.45) is 0 Å². The van der Waals surface area contributed by atoms with Crippen LogP contribution in [-0.4, -0.2) is 24.9 Å². The van der Waals surface area contributed by atoms with Gasteiger partial charge in [0.25, 0.3) is 5.91 Å². The van der Waals surface area contributed by atoms with Crippen LogP contribution in [0.4, 0.5) is 0 Å². The summed E-state index contributed by atoms with van der Waals surface area (Å²) < 4.78 is 1.17. The van der Waals surface area contributed by atoms with Gasteiger partial charge < -0.3 is 4.90 Å². The number of fused-ring (bicyclic) bond motifs is 1. The van der Waals surface area contributed by atoms with E-state index in [1.54, 1.807) is 30.3 Å². The van der Waals surface area contributed by atoms with E-state index < -0.39 is 0 Å². The Morgan fingerprint density at radius 3 is 2.73 bits per heavy atom. The van der Waals surface area contributed by atoms with Crippen LogP contribution in [0.15, 0.2) is 23.6 Å². The van der Waals surface area contributed by atoms with Gasteiger partial charge in [0.1, 0.15) is 0 Å². The van der Waals surface area contributed by atoms with Gasteiger partial charge in [-0.25, -0.2) is 0 Å². The van der Waals surface area contributed by atoms with E-state index in [1.807, 2.05) is 12.3 Å². The molecule has 1 amide bonds. The average Bonchev–Trinajstić information content (AvgIpc) is 2.59. The second-order valence-electron chi connectivity index (χ2n) is 3.85. The lowest BCUT2D eigenvalue weighted by molar-refractivity contribution is 0.0830. The molecule has 0 N–H and O–H groups in total. The number of thiophene rings is 1. The molecule has 1 aromatic carbocycles. The number of carbonyl (C=O) groups is 1. The zero-order chi connectivity index (χ0) is 11.0. The molecule has 15 heavy (non-hydrogen) atoms. The smallest absolute Gasteiger partial charge is 0.254 e. The fourth-order valence-corrected chi connectivity index (χ4v) is 2.46. The summed E-state index contributed by atoms with van der Waals surface area (Å²) in [5.74, 6) is 0.0758. The van der Waals surface area contributed by atoms with Gasteiger partial charge in [-0.3, -0.25) is 4.79 Å². The van der Waals surface area contributed by atoms with E-state index in [0.717, 1.165) is 10.9 Å². The summed E-state index contributed by atoms with van der Waals surface area (Å²) in [6.45, 7) is 2.04. The second-order valence-corrected chi connectivity index (χ2v) is 4.76. The number of hydrogen-bond donors (Lipinski definition) is 0. The van der Waals surface area contributed by atoms with Crippen LogP contribution in [0, 0.1) is 6.92 Å². The Morgan fingerprint density at radius 2 is 2.07 bits per heavy atom. The average molecular weight is 219 g/mol. The number of amides is 1. The van der Waals surface area contributed by atoms with Gasteiger partial charge in [0, 0.05) is 29.6 Å². The molecular formula is C12H13NOS. The summed E-state index contributed by atoms with van der Waals surface area (Å²) in [7, 11) is 3.56. The molecule has 0 aliphatic heterocycles. The number of carbonyl (C=O) groups excluding carboxylic acids is 1. The topological polar surface area (TPSA) is 20.3 Å². The van der Waals surface area contributed by atoms with Crippen molar-refractivity contribution in [2.75, 3.05) is 14.1 Å². The van der Waals surface area contributed by atoms with E-state index >= 15 is 0 Å². The van der Waals surface area contributed by atoms with Crippen molar-refractivity contribution in [3.8, 4) is 0 Å². The molecule has 2 rings (SSSR count). The van der Waals surface area contributed by atoms with Crippen LogP contribution < -0.4 is 0 Å². The Labute approximate surface area is 93.1 Å². The van der Waals surface area contributed by atoms with Gasteiger partial charge in [-0.05, 0) is 19.1 Å². The Morgan fingerprint density at radius 1 is 1.33 bits per heavy atom. The molecule has 2 nitrogen and oxygen atoms in total. The van der Waals surface area contributed by atoms with Crippen molar-refractivity contribution in [3.63, 3.8) is 0 Å². The molecule has 78 valence electrons. The second kappa shape index (κ2) is 3.66. The number of aryl methyl sites for hydroxylation is 1. The lowest BCUT2D eigenvalue weighted by atomic mass is 10.1. The third kappa shape index (κ3) is 1.75. The van der Waals surface area contributed by atoms with E-state index in [4.69, 9.17) is 0 Å². The summed E-state index contributed by atoms with van der Waals surface area (Å²) in [6, 6.07) is 6.22. The molecule has 0 fully saturated rings. The highest BCUT2D eigenvalue weighted by molar-refractivity contribution is 7.17. The highest BCUT2D eigenvalue weighted by Crippen LogP contribution is 2.27. The predicted octanol–water partition coefficient (Wildman–Crippen LogP) is 2.91. The number of benzene rings is 1. The first-order valence-electron chi connectivity index (χ1n) is 4.79. The Hall–Kier alpha value is -1.35. The molecule has 0 radical (unpaired) electrons. The van der Waals surface area contributed by atoms with Gasteiger partial charge in [0.2, 0.25) is 0 Å². The van der Waals surface area contributed by atoms with Crippen LogP contribution in [0.1, 0.15) is 15.9 Å². The largest absolute Gasteiger partial charge is 0.345 e. The van der Waals surface area contributed by atoms with Gasteiger partial charge in [-0.2, -0.15) is 0 Å². The Balaban J connectivity index is 2.62. The summed E-state index contributed by atoms with van der Waals surface area (Å²) in [5, 5.41) is 3.01. The third-order valence-corrected chi connectivity index (χ3v) is 3.33. The SMILES string of the molecule is Cc1ccc2scc(C(=O)N(C)C)c2c1. The first-order valence-corrected chi connectivity index (χ1v) is 5.67. The Kier molecular flexibility index (Phi) is 2.49. The first kappa shape index (κ1) is 10.2. The molecular weight excluding hydrogens is 206 g/mol. The fourth-order valence-electron chi connectivity index (χ4n) is 1.55.